The molecule has 0 aliphatic rings. The SMILES string of the molecule is CCOC(=O)c1cnn(-c2nc(Cl)nc(Cl)n2)c1. The second-order valence-electron chi connectivity index (χ2n) is 3.07. The van der Waals surface area contributed by atoms with Gasteiger partial charge in [-0.05, 0) is 30.1 Å². The van der Waals surface area contributed by atoms with E-state index in [-0.39, 0.29) is 28.7 Å². The van der Waals surface area contributed by atoms with Crippen LogP contribution in [0.4, 0.5) is 0 Å². The van der Waals surface area contributed by atoms with Crippen LogP contribution >= 0.6 is 23.2 Å². The van der Waals surface area contributed by atoms with Crippen LogP contribution in [-0.4, -0.2) is 37.3 Å². The summed E-state index contributed by atoms with van der Waals surface area (Å²) in [5.41, 5.74) is 0.282. The first-order chi connectivity index (χ1) is 8.60. The summed E-state index contributed by atoms with van der Waals surface area (Å²) in [7, 11) is 0. The zero-order valence-corrected chi connectivity index (χ0v) is 10.7. The summed E-state index contributed by atoms with van der Waals surface area (Å²) in [6, 6.07) is 0. The molecule has 2 rings (SSSR count). The number of halogens is 2. The van der Waals surface area contributed by atoms with Gasteiger partial charge in [0.05, 0.1) is 18.4 Å². The van der Waals surface area contributed by atoms with Crippen molar-refractivity contribution in [2.24, 2.45) is 0 Å². The molecular weight excluding hydrogens is 281 g/mol. The predicted octanol–water partition coefficient (Wildman–Crippen LogP) is 1.54. The fourth-order valence-electron chi connectivity index (χ4n) is 1.17. The lowest BCUT2D eigenvalue weighted by Gasteiger charge is -1.99. The van der Waals surface area contributed by atoms with Crippen molar-refractivity contribution in [3.8, 4) is 5.95 Å². The first-order valence-corrected chi connectivity index (χ1v) is 5.65. The first kappa shape index (κ1) is 12.7. The Morgan fingerprint density at radius 1 is 1.33 bits per heavy atom. The van der Waals surface area contributed by atoms with Crippen molar-refractivity contribution in [3.63, 3.8) is 0 Å². The van der Waals surface area contributed by atoms with Crippen molar-refractivity contribution < 1.29 is 9.53 Å². The highest BCUT2D eigenvalue weighted by Gasteiger charge is 2.12. The summed E-state index contributed by atoms with van der Waals surface area (Å²) in [5, 5.41) is 3.80. The van der Waals surface area contributed by atoms with E-state index >= 15 is 0 Å². The molecule has 0 saturated carbocycles. The fourth-order valence-corrected chi connectivity index (χ4v) is 1.53. The lowest BCUT2D eigenvalue weighted by Crippen LogP contribution is -2.05. The van der Waals surface area contributed by atoms with Crippen molar-refractivity contribution >= 4 is 29.2 Å². The third-order valence-corrected chi connectivity index (χ3v) is 2.21. The number of carbonyl (C=O) groups excluding carboxylic acids is 1. The first-order valence-electron chi connectivity index (χ1n) is 4.89. The highest BCUT2D eigenvalue weighted by molar-refractivity contribution is 6.31. The smallest absolute Gasteiger partial charge is 0.341 e. The van der Waals surface area contributed by atoms with Gasteiger partial charge in [0.1, 0.15) is 0 Å². The number of carbonyl (C=O) groups is 1. The minimum absolute atomic E-state index is 0.0572. The molecule has 9 heteroatoms. The molecule has 0 radical (unpaired) electrons. The zero-order valence-electron chi connectivity index (χ0n) is 9.17. The van der Waals surface area contributed by atoms with Crippen LogP contribution in [0.1, 0.15) is 17.3 Å². The van der Waals surface area contributed by atoms with Gasteiger partial charge in [0.15, 0.2) is 0 Å². The molecule has 0 saturated heterocycles. The molecule has 0 unspecified atom stereocenters. The normalized spacial score (nSPS) is 10.4. The summed E-state index contributed by atoms with van der Waals surface area (Å²) >= 11 is 11.3. The molecule has 0 N–H and O–H groups in total. The predicted molar refractivity (Wildman–Crippen MR) is 62.9 cm³/mol. The number of aromatic nitrogens is 5. The van der Waals surface area contributed by atoms with E-state index in [0.717, 1.165) is 0 Å². The topological polar surface area (TPSA) is 82.8 Å². The Hall–Kier alpha value is -1.73. The Morgan fingerprint density at radius 2 is 2.00 bits per heavy atom. The molecule has 0 aliphatic carbocycles. The van der Waals surface area contributed by atoms with E-state index in [1.54, 1.807) is 6.92 Å². The molecule has 0 amide bonds. The number of esters is 1. The van der Waals surface area contributed by atoms with Crippen LogP contribution in [0.3, 0.4) is 0 Å². The van der Waals surface area contributed by atoms with Crippen molar-refractivity contribution in [1.82, 2.24) is 24.7 Å². The van der Waals surface area contributed by atoms with Gasteiger partial charge in [-0.2, -0.15) is 20.1 Å². The van der Waals surface area contributed by atoms with E-state index in [1.165, 1.54) is 17.1 Å². The summed E-state index contributed by atoms with van der Waals surface area (Å²) < 4.78 is 6.08. The van der Waals surface area contributed by atoms with E-state index < -0.39 is 5.97 Å². The molecule has 2 heterocycles. The third-order valence-electron chi connectivity index (χ3n) is 1.87. The zero-order chi connectivity index (χ0) is 13.1. The Bertz CT molecular complexity index is 566. The van der Waals surface area contributed by atoms with Gasteiger partial charge in [-0.25, -0.2) is 9.48 Å². The number of hydrogen-bond donors (Lipinski definition) is 0. The molecule has 0 fully saturated rings. The minimum atomic E-state index is -0.477. The molecule has 2 aromatic rings. The van der Waals surface area contributed by atoms with Crippen molar-refractivity contribution in [3.05, 3.63) is 28.5 Å². The number of rotatable bonds is 3. The Labute approximate surface area is 112 Å². The van der Waals surface area contributed by atoms with Gasteiger partial charge in [0.25, 0.3) is 5.95 Å². The Kier molecular flexibility index (Phi) is 3.73. The molecule has 0 aromatic carbocycles. The summed E-state index contributed by atoms with van der Waals surface area (Å²) in [6.45, 7) is 2.00. The maximum absolute atomic E-state index is 11.4. The Balaban J connectivity index is 2.32. The van der Waals surface area contributed by atoms with Crippen molar-refractivity contribution in [2.75, 3.05) is 6.61 Å². The van der Waals surface area contributed by atoms with Crippen LogP contribution in [0.2, 0.25) is 10.6 Å². The third kappa shape index (κ3) is 2.74. The monoisotopic (exact) mass is 287 g/mol. The lowest BCUT2D eigenvalue weighted by atomic mass is 10.4. The second kappa shape index (κ2) is 5.28. The maximum Gasteiger partial charge on any atom is 0.341 e. The van der Waals surface area contributed by atoms with Gasteiger partial charge >= 0.3 is 5.97 Å². The van der Waals surface area contributed by atoms with Crippen molar-refractivity contribution in [1.29, 1.82) is 0 Å². The number of ether oxygens (including phenoxy) is 1. The molecule has 7 nitrogen and oxygen atoms in total. The average molecular weight is 288 g/mol. The maximum atomic E-state index is 11.4. The molecule has 18 heavy (non-hydrogen) atoms. The van der Waals surface area contributed by atoms with Crippen LogP contribution in [0.5, 0.6) is 0 Å². The van der Waals surface area contributed by atoms with Gasteiger partial charge in [-0.15, -0.1) is 0 Å². The van der Waals surface area contributed by atoms with E-state index in [2.05, 4.69) is 20.1 Å². The molecule has 0 spiro atoms. The molecule has 2 aromatic heterocycles. The average Bonchev–Trinajstić information content (AvgIpc) is 2.77. The fraction of sp³-hybridized carbons (Fsp3) is 0.222. The highest BCUT2D eigenvalue weighted by Crippen LogP contribution is 2.10. The van der Waals surface area contributed by atoms with Gasteiger partial charge in [-0.3, -0.25) is 0 Å². The quantitative estimate of drug-likeness (QED) is 0.797. The van der Waals surface area contributed by atoms with Crippen LogP contribution in [0.15, 0.2) is 12.4 Å². The minimum Gasteiger partial charge on any atom is -0.462 e. The molecular formula is C9H7Cl2N5O2. The molecule has 94 valence electrons. The standard InChI is InChI=1S/C9H7Cl2N5O2/c1-2-18-6(17)5-3-12-16(4-5)9-14-7(10)13-8(11)15-9/h3-4H,2H2,1H3. The van der Waals surface area contributed by atoms with Crippen LogP contribution in [0, 0.1) is 0 Å². The molecule has 0 atom stereocenters. The van der Waals surface area contributed by atoms with E-state index in [9.17, 15) is 4.79 Å². The van der Waals surface area contributed by atoms with Gasteiger partial charge < -0.3 is 4.74 Å². The molecule has 0 bridgehead atoms. The summed E-state index contributed by atoms with van der Waals surface area (Å²) in [4.78, 5) is 22.7. The molecule has 0 aliphatic heterocycles. The van der Waals surface area contributed by atoms with Crippen LogP contribution in [0.25, 0.3) is 5.95 Å². The van der Waals surface area contributed by atoms with Crippen LogP contribution in [-0.2, 0) is 4.74 Å². The van der Waals surface area contributed by atoms with E-state index in [0.29, 0.717) is 0 Å². The van der Waals surface area contributed by atoms with Gasteiger partial charge in [0.2, 0.25) is 10.6 Å². The summed E-state index contributed by atoms with van der Waals surface area (Å²) in [5.74, 6) is -0.356. The summed E-state index contributed by atoms with van der Waals surface area (Å²) in [6.07, 6.45) is 2.75. The van der Waals surface area contributed by atoms with E-state index in [4.69, 9.17) is 27.9 Å². The van der Waals surface area contributed by atoms with E-state index in [1.807, 2.05) is 0 Å². The lowest BCUT2D eigenvalue weighted by molar-refractivity contribution is 0.0526. The van der Waals surface area contributed by atoms with Gasteiger partial charge in [-0.1, -0.05) is 0 Å². The Morgan fingerprint density at radius 3 is 2.61 bits per heavy atom. The van der Waals surface area contributed by atoms with Crippen molar-refractivity contribution in [2.45, 2.75) is 6.92 Å². The highest BCUT2D eigenvalue weighted by atomic mass is 35.5. The number of hydrogen-bond acceptors (Lipinski definition) is 6. The largest absolute Gasteiger partial charge is 0.462 e. The number of nitrogens with zero attached hydrogens (tertiary/aromatic N) is 5. The second-order valence-corrected chi connectivity index (χ2v) is 3.74. The van der Waals surface area contributed by atoms with Gasteiger partial charge in [0, 0.05) is 6.20 Å². The van der Waals surface area contributed by atoms with Crippen LogP contribution < -0.4 is 0 Å².